The minimum Gasteiger partial charge on any atom is -0.495 e. The lowest BCUT2D eigenvalue weighted by atomic mass is 10.2. The van der Waals surface area contributed by atoms with E-state index in [0.717, 1.165) is 12.1 Å². The number of halogens is 2. The summed E-state index contributed by atoms with van der Waals surface area (Å²) in [5.41, 5.74) is -1.17. The van der Waals surface area contributed by atoms with Crippen molar-refractivity contribution in [2.24, 2.45) is 7.05 Å². The van der Waals surface area contributed by atoms with Crippen molar-refractivity contribution >= 4 is 0 Å². The lowest BCUT2D eigenvalue weighted by Crippen LogP contribution is -2.22. The molecule has 0 amide bonds. The Morgan fingerprint density at radius 1 is 1.42 bits per heavy atom. The molecule has 0 saturated heterocycles. The fraction of sp³-hybridized carbons (Fsp3) is 0.182. The van der Waals surface area contributed by atoms with Gasteiger partial charge < -0.3 is 4.74 Å². The molecule has 0 spiro atoms. The zero-order valence-corrected chi connectivity index (χ0v) is 10.0. The highest BCUT2D eigenvalue weighted by atomic mass is 19.1. The van der Waals surface area contributed by atoms with Gasteiger partial charge in [-0.1, -0.05) is 0 Å². The molecule has 0 bridgehead atoms. The van der Waals surface area contributed by atoms with Gasteiger partial charge in [-0.2, -0.15) is 14.3 Å². The highest BCUT2D eigenvalue weighted by Crippen LogP contribution is 2.23. The third-order valence-corrected chi connectivity index (χ3v) is 2.54. The number of ether oxygens (including phenoxy) is 1. The maximum absolute atomic E-state index is 13.8. The average molecular weight is 266 g/mol. The molecule has 0 atom stereocenters. The van der Waals surface area contributed by atoms with Crippen molar-refractivity contribution in [3.05, 3.63) is 40.1 Å². The van der Waals surface area contributed by atoms with Crippen LogP contribution in [0.3, 0.4) is 0 Å². The minimum absolute atomic E-state index is 0.0341. The van der Waals surface area contributed by atoms with Gasteiger partial charge in [0.1, 0.15) is 17.5 Å². The van der Waals surface area contributed by atoms with Crippen LogP contribution in [-0.4, -0.2) is 21.5 Å². The molecular weight excluding hydrogens is 258 g/mol. The van der Waals surface area contributed by atoms with Gasteiger partial charge in [-0.05, 0) is 6.07 Å². The Labute approximate surface area is 106 Å². The van der Waals surface area contributed by atoms with E-state index in [4.69, 9.17) is 10.00 Å². The first kappa shape index (κ1) is 12.8. The van der Waals surface area contributed by atoms with Crippen LogP contribution in [0.2, 0.25) is 0 Å². The first-order valence-corrected chi connectivity index (χ1v) is 5.09. The van der Waals surface area contributed by atoms with Crippen LogP contribution in [-0.2, 0) is 7.05 Å². The molecular formula is C11H8F2N4O2. The third kappa shape index (κ3) is 1.95. The Bertz CT molecular complexity index is 742. The molecule has 2 rings (SSSR count). The molecule has 1 aromatic carbocycles. The summed E-state index contributed by atoms with van der Waals surface area (Å²) in [4.78, 5) is 11.6. The maximum atomic E-state index is 13.8. The number of methoxy groups -OCH3 is 1. The summed E-state index contributed by atoms with van der Waals surface area (Å²) in [7, 11) is 2.46. The van der Waals surface area contributed by atoms with Crippen LogP contribution in [0.1, 0.15) is 5.56 Å². The van der Waals surface area contributed by atoms with Crippen LogP contribution in [0.15, 0.2) is 16.9 Å². The Morgan fingerprint density at radius 3 is 2.58 bits per heavy atom. The lowest BCUT2D eigenvalue weighted by molar-refractivity contribution is 0.411. The summed E-state index contributed by atoms with van der Waals surface area (Å²) in [5, 5.41) is 12.1. The second kappa shape index (κ2) is 4.53. The molecule has 19 heavy (non-hydrogen) atoms. The van der Waals surface area contributed by atoms with E-state index < -0.39 is 17.6 Å². The van der Waals surface area contributed by atoms with E-state index in [9.17, 15) is 13.6 Å². The predicted octanol–water partition coefficient (Wildman–Crippen LogP) is 0.729. The largest absolute Gasteiger partial charge is 0.495 e. The molecule has 0 unspecified atom stereocenters. The van der Waals surface area contributed by atoms with Gasteiger partial charge >= 0.3 is 11.8 Å². The SMILES string of the molecule is COc1cc(-n2nc(F)n(C)c2=O)c(F)cc1C#N. The molecule has 8 heteroatoms. The number of benzene rings is 1. The van der Waals surface area contributed by atoms with E-state index in [0.29, 0.717) is 9.25 Å². The van der Waals surface area contributed by atoms with Crippen LogP contribution in [0.25, 0.3) is 5.69 Å². The number of hydrogen-bond acceptors (Lipinski definition) is 4. The summed E-state index contributed by atoms with van der Waals surface area (Å²) in [6.07, 6.45) is -1.05. The van der Waals surface area contributed by atoms with Crippen LogP contribution < -0.4 is 10.4 Å². The fourth-order valence-corrected chi connectivity index (χ4v) is 1.53. The summed E-state index contributed by atoms with van der Waals surface area (Å²) in [6.45, 7) is 0. The standard InChI is InChI=1S/C11H8F2N4O2/c1-16-10(13)15-17(11(16)18)8-4-9(19-2)6(5-14)3-7(8)12/h3-4H,1-2H3. The average Bonchev–Trinajstić information content (AvgIpc) is 2.66. The molecule has 0 aliphatic heterocycles. The highest BCUT2D eigenvalue weighted by Gasteiger charge is 2.17. The second-order valence-corrected chi connectivity index (χ2v) is 3.64. The van der Waals surface area contributed by atoms with Gasteiger partial charge in [-0.15, -0.1) is 5.10 Å². The number of rotatable bonds is 2. The lowest BCUT2D eigenvalue weighted by Gasteiger charge is -2.06. The Hall–Kier alpha value is -2.69. The van der Waals surface area contributed by atoms with Crippen molar-refractivity contribution in [1.82, 2.24) is 14.3 Å². The summed E-state index contributed by atoms with van der Waals surface area (Å²) >= 11 is 0. The molecule has 0 fully saturated rings. The number of nitriles is 1. The molecule has 0 N–H and O–H groups in total. The van der Waals surface area contributed by atoms with Crippen LogP contribution in [0, 0.1) is 23.2 Å². The summed E-state index contributed by atoms with van der Waals surface area (Å²) in [5.74, 6) is -0.811. The molecule has 0 saturated carbocycles. The van der Waals surface area contributed by atoms with Crippen molar-refractivity contribution in [2.45, 2.75) is 0 Å². The molecule has 1 heterocycles. The zero-order valence-electron chi connectivity index (χ0n) is 10.0. The van der Waals surface area contributed by atoms with Gasteiger partial charge in [-0.25, -0.2) is 9.18 Å². The van der Waals surface area contributed by atoms with E-state index in [1.54, 1.807) is 6.07 Å². The smallest absolute Gasteiger partial charge is 0.352 e. The first-order chi connectivity index (χ1) is 8.99. The molecule has 1 aromatic heterocycles. The number of hydrogen-bond donors (Lipinski definition) is 0. The maximum Gasteiger partial charge on any atom is 0.352 e. The van der Waals surface area contributed by atoms with Crippen molar-refractivity contribution < 1.29 is 13.5 Å². The zero-order chi connectivity index (χ0) is 14.2. The summed E-state index contributed by atoms with van der Waals surface area (Å²) < 4.78 is 33.1. The molecule has 98 valence electrons. The Balaban J connectivity index is 2.73. The van der Waals surface area contributed by atoms with E-state index in [-0.39, 0.29) is 17.0 Å². The van der Waals surface area contributed by atoms with Gasteiger partial charge in [0.2, 0.25) is 0 Å². The van der Waals surface area contributed by atoms with Gasteiger partial charge in [0, 0.05) is 13.1 Å². The van der Waals surface area contributed by atoms with Crippen LogP contribution in [0.4, 0.5) is 8.78 Å². The fourth-order valence-electron chi connectivity index (χ4n) is 1.53. The van der Waals surface area contributed by atoms with Gasteiger partial charge in [0.25, 0.3) is 0 Å². The second-order valence-electron chi connectivity index (χ2n) is 3.64. The van der Waals surface area contributed by atoms with Gasteiger partial charge in [0.05, 0.1) is 12.7 Å². The molecule has 0 radical (unpaired) electrons. The van der Waals surface area contributed by atoms with Crippen molar-refractivity contribution in [2.75, 3.05) is 7.11 Å². The minimum atomic E-state index is -1.05. The highest BCUT2D eigenvalue weighted by molar-refractivity contribution is 5.50. The first-order valence-electron chi connectivity index (χ1n) is 5.09. The Kier molecular flexibility index (Phi) is 3.04. The van der Waals surface area contributed by atoms with E-state index in [1.165, 1.54) is 14.2 Å². The van der Waals surface area contributed by atoms with Crippen LogP contribution in [0.5, 0.6) is 5.75 Å². The monoisotopic (exact) mass is 266 g/mol. The molecule has 0 aliphatic carbocycles. The van der Waals surface area contributed by atoms with E-state index in [1.807, 2.05) is 0 Å². The van der Waals surface area contributed by atoms with Crippen molar-refractivity contribution in [3.8, 4) is 17.5 Å². The Morgan fingerprint density at radius 2 is 2.11 bits per heavy atom. The van der Waals surface area contributed by atoms with E-state index in [2.05, 4.69) is 5.10 Å². The predicted molar refractivity (Wildman–Crippen MR) is 60.0 cm³/mol. The van der Waals surface area contributed by atoms with Gasteiger partial charge in [0.15, 0.2) is 5.82 Å². The third-order valence-electron chi connectivity index (χ3n) is 2.54. The molecule has 2 aromatic rings. The van der Waals surface area contributed by atoms with Crippen LogP contribution >= 0.6 is 0 Å². The summed E-state index contributed by atoms with van der Waals surface area (Å²) in [6, 6.07) is 3.75. The quantitative estimate of drug-likeness (QED) is 0.803. The number of nitrogens with zero attached hydrogens (tertiary/aromatic N) is 4. The van der Waals surface area contributed by atoms with Gasteiger partial charge in [-0.3, -0.25) is 4.57 Å². The van der Waals surface area contributed by atoms with E-state index >= 15 is 0 Å². The molecule has 0 aliphatic rings. The van der Waals surface area contributed by atoms with Crippen molar-refractivity contribution in [1.29, 1.82) is 5.26 Å². The normalized spacial score (nSPS) is 10.3. The number of aromatic nitrogens is 3. The molecule has 6 nitrogen and oxygen atoms in total. The topological polar surface area (TPSA) is 72.8 Å². The van der Waals surface area contributed by atoms with Crippen molar-refractivity contribution in [3.63, 3.8) is 0 Å².